The number of alkyl halides is 3. The minimum atomic E-state index is -4.47. The number of carbonyl (C=O) groups excluding carboxylic acids is 1. The minimum Gasteiger partial charge on any atom is -0.748 e. The molecule has 0 aromatic rings. The van der Waals surface area contributed by atoms with Crippen LogP contribution >= 0.6 is 47.8 Å². The predicted octanol–water partition coefficient (Wildman–Crippen LogP) is 2.92. The number of halogens is 3. The Bertz CT molecular complexity index is 533. The van der Waals surface area contributed by atoms with Crippen molar-refractivity contribution in [2.45, 2.75) is 34.2 Å². The molecule has 2 bridgehead atoms. The number of ketones is 1. The fraction of sp³-hybridized carbons (Fsp3) is 0.900. The van der Waals surface area contributed by atoms with Crippen LogP contribution in [0, 0.1) is 10.8 Å². The van der Waals surface area contributed by atoms with Crippen molar-refractivity contribution < 1.29 is 17.8 Å². The van der Waals surface area contributed by atoms with Crippen molar-refractivity contribution in [2.75, 3.05) is 5.75 Å². The molecule has 2 saturated carbocycles. The van der Waals surface area contributed by atoms with Gasteiger partial charge in [-0.1, -0.05) is 61.6 Å². The van der Waals surface area contributed by atoms with E-state index in [-0.39, 0.29) is 11.9 Å². The summed E-state index contributed by atoms with van der Waals surface area (Å²) >= 11 is 10.3. The number of Topliss-reactive ketones (excluding diaryl/α,β-unsaturated/α-hetero) is 1. The first-order valence-electron chi connectivity index (χ1n) is 5.37. The molecule has 0 aromatic carbocycles. The molecule has 0 aromatic heterocycles. The number of carbonyl (C=O) groups is 1. The summed E-state index contributed by atoms with van der Waals surface area (Å²) in [4.78, 5) is 12.6. The molecule has 9 heteroatoms. The van der Waals surface area contributed by atoms with Crippen molar-refractivity contribution in [2.24, 2.45) is 10.8 Å². The third kappa shape index (κ3) is 1.95. The molecule has 2 atom stereocenters. The summed E-state index contributed by atoms with van der Waals surface area (Å²) in [7, 11) is -4.47. The fourth-order valence-electron chi connectivity index (χ4n) is 3.44. The second-order valence-electron chi connectivity index (χ2n) is 5.61. The Labute approximate surface area is 138 Å². The van der Waals surface area contributed by atoms with Crippen LogP contribution in [0.3, 0.4) is 0 Å². The van der Waals surface area contributed by atoms with Crippen LogP contribution in [-0.2, 0) is 14.9 Å². The summed E-state index contributed by atoms with van der Waals surface area (Å²) in [6, 6.07) is 0. The average Bonchev–Trinajstić information content (AvgIpc) is 2.39. The zero-order valence-electron chi connectivity index (χ0n) is 10.8. The largest absolute Gasteiger partial charge is 0.748 e. The zero-order valence-corrected chi connectivity index (χ0v) is 16.4. The van der Waals surface area contributed by atoms with Gasteiger partial charge in [-0.15, -0.1) is 0 Å². The van der Waals surface area contributed by atoms with Crippen molar-refractivity contribution in [3.63, 3.8) is 0 Å². The van der Waals surface area contributed by atoms with Gasteiger partial charge in [0, 0.05) is 0 Å². The Morgan fingerprint density at radius 1 is 1.21 bits per heavy atom. The first-order valence-corrected chi connectivity index (χ1v) is 9.33. The second-order valence-corrected chi connectivity index (χ2v) is 11.8. The van der Waals surface area contributed by atoms with Gasteiger partial charge in [-0.2, -0.15) is 0 Å². The highest BCUT2D eigenvalue weighted by Gasteiger charge is 2.80. The van der Waals surface area contributed by atoms with Crippen LogP contribution < -0.4 is 6.15 Å². The summed E-state index contributed by atoms with van der Waals surface area (Å²) < 4.78 is 31.9. The molecule has 2 aliphatic carbocycles. The van der Waals surface area contributed by atoms with Crippen molar-refractivity contribution >= 4 is 63.7 Å². The van der Waals surface area contributed by atoms with Crippen molar-refractivity contribution in [1.29, 1.82) is 0 Å². The molecule has 112 valence electrons. The van der Waals surface area contributed by atoms with Gasteiger partial charge in [-0.05, 0) is 18.3 Å². The molecule has 2 fully saturated rings. The maximum atomic E-state index is 12.6. The van der Waals surface area contributed by atoms with Gasteiger partial charge in [-0.25, -0.2) is 8.42 Å². The second kappa shape index (κ2) is 4.49. The van der Waals surface area contributed by atoms with Gasteiger partial charge in [0.1, 0.15) is 0 Å². The highest BCUT2D eigenvalue weighted by molar-refractivity contribution is 9.26. The Kier molecular flexibility index (Phi) is 4.26. The average molecular weight is 486 g/mol. The van der Waals surface area contributed by atoms with Gasteiger partial charge in [0.15, 0.2) is 9.02 Å². The lowest BCUT2D eigenvalue weighted by Crippen LogP contribution is -2.45. The molecule has 5 nitrogen and oxygen atoms in total. The van der Waals surface area contributed by atoms with Crippen LogP contribution in [-0.4, -0.2) is 32.1 Å². The third-order valence-electron chi connectivity index (χ3n) is 4.72. The molecule has 0 spiro atoms. The van der Waals surface area contributed by atoms with Crippen molar-refractivity contribution in [3.05, 3.63) is 0 Å². The van der Waals surface area contributed by atoms with Gasteiger partial charge in [-0.3, -0.25) is 4.79 Å². The Morgan fingerprint density at radius 3 is 2.00 bits per heavy atom. The zero-order chi connectivity index (χ0) is 14.2. The third-order valence-corrected chi connectivity index (χ3v) is 10.7. The highest BCUT2D eigenvalue weighted by Crippen LogP contribution is 2.76. The molecule has 2 aliphatic rings. The quantitative estimate of drug-likeness (QED) is 0.478. The molecule has 2 unspecified atom stereocenters. The Hall–Kier alpha value is 0.980. The summed E-state index contributed by atoms with van der Waals surface area (Å²) in [6.07, 6.45) is 1.03. The normalized spacial score (nSPS) is 39.2. The summed E-state index contributed by atoms with van der Waals surface area (Å²) in [5.74, 6) is -0.902. The molecule has 0 saturated heterocycles. The minimum absolute atomic E-state index is 0. The van der Waals surface area contributed by atoms with Gasteiger partial charge >= 0.3 is 0 Å². The molecule has 2 rings (SSSR count). The van der Waals surface area contributed by atoms with Crippen LogP contribution in [0.2, 0.25) is 0 Å². The van der Waals surface area contributed by atoms with Crippen molar-refractivity contribution in [1.82, 2.24) is 6.15 Å². The predicted molar refractivity (Wildman–Crippen MR) is 83.2 cm³/mol. The molecule has 4 N–H and O–H groups in total. The summed E-state index contributed by atoms with van der Waals surface area (Å²) in [6.45, 7) is 3.67. The van der Waals surface area contributed by atoms with Crippen molar-refractivity contribution in [3.8, 4) is 0 Å². The fourth-order valence-corrected chi connectivity index (χ4v) is 7.58. The lowest BCUT2D eigenvalue weighted by atomic mass is 9.70. The van der Waals surface area contributed by atoms with Gasteiger partial charge in [0.05, 0.1) is 25.6 Å². The van der Waals surface area contributed by atoms with Crippen LogP contribution in [0.25, 0.3) is 0 Å². The molecule has 0 heterocycles. The molecule has 0 amide bonds. The number of hydrogen-bond acceptors (Lipinski definition) is 4. The SMILES string of the molecule is CC1(C)C2(CS(=O)(=O)[O-])CCC1(Br)C(Br)(Br)C2=O.[NH4+]. The molecular formula is C10H16Br3NO4S. The maximum absolute atomic E-state index is 12.6. The van der Waals surface area contributed by atoms with E-state index in [9.17, 15) is 17.8 Å². The number of rotatable bonds is 2. The van der Waals surface area contributed by atoms with Crippen LogP contribution in [0.1, 0.15) is 26.7 Å². The van der Waals surface area contributed by atoms with Crippen LogP contribution in [0.15, 0.2) is 0 Å². The number of fused-ring (bicyclic) bond motifs is 2. The van der Waals surface area contributed by atoms with E-state index < -0.39 is 34.3 Å². The maximum Gasteiger partial charge on any atom is 0.169 e. The molecule has 0 radical (unpaired) electrons. The first-order chi connectivity index (χ1) is 7.82. The lowest BCUT2D eigenvalue weighted by molar-refractivity contribution is -0.128. The highest BCUT2D eigenvalue weighted by atomic mass is 79.9. The smallest absolute Gasteiger partial charge is 0.169 e. The number of hydrogen-bond donors (Lipinski definition) is 1. The van der Waals surface area contributed by atoms with E-state index in [1.165, 1.54) is 0 Å². The summed E-state index contributed by atoms with van der Waals surface area (Å²) in [5.41, 5.74) is -1.77. The molecular weight excluding hydrogens is 470 g/mol. The van der Waals surface area contributed by atoms with Crippen LogP contribution in [0.5, 0.6) is 0 Å². The Balaban J connectivity index is 0.00000180. The number of quaternary nitrogens is 1. The lowest BCUT2D eigenvalue weighted by Gasteiger charge is -2.39. The van der Waals surface area contributed by atoms with E-state index >= 15 is 0 Å². The summed E-state index contributed by atoms with van der Waals surface area (Å²) in [5, 5.41) is 0. The molecule has 0 aliphatic heterocycles. The van der Waals surface area contributed by atoms with Crippen LogP contribution in [0.4, 0.5) is 0 Å². The Morgan fingerprint density at radius 2 is 1.68 bits per heavy atom. The molecule has 19 heavy (non-hydrogen) atoms. The van der Waals surface area contributed by atoms with Gasteiger partial charge in [0.25, 0.3) is 0 Å². The van der Waals surface area contributed by atoms with E-state index in [1.54, 1.807) is 0 Å². The van der Waals surface area contributed by atoms with Gasteiger partial charge in [0.2, 0.25) is 0 Å². The van der Waals surface area contributed by atoms with E-state index in [0.717, 1.165) is 0 Å². The topological polar surface area (TPSA) is 111 Å². The monoisotopic (exact) mass is 483 g/mol. The van der Waals surface area contributed by atoms with E-state index in [2.05, 4.69) is 47.8 Å². The standard InChI is InChI=1S/C10H13Br3O4S.H3N/c1-7(2)8(5-18(15,16)17)3-4-9(7,11)10(12,13)6(8)14;/h3-5H2,1-2H3,(H,15,16,17);1H3. The first kappa shape index (κ1) is 18.0. The van der Waals surface area contributed by atoms with E-state index in [1.807, 2.05) is 13.8 Å². The van der Waals surface area contributed by atoms with E-state index in [0.29, 0.717) is 12.8 Å². The van der Waals surface area contributed by atoms with Gasteiger partial charge < -0.3 is 10.7 Å². The van der Waals surface area contributed by atoms with E-state index in [4.69, 9.17) is 0 Å².